The molecule has 10 nitrogen and oxygen atoms in total. The molecule has 1 fully saturated rings. The lowest BCUT2D eigenvalue weighted by Crippen LogP contribution is -2.55. The van der Waals surface area contributed by atoms with Crippen LogP contribution >= 0.6 is 0 Å². The number of sulfonamides is 1. The van der Waals surface area contributed by atoms with Crippen LogP contribution in [0.3, 0.4) is 0 Å². The zero-order valence-electron chi connectivity index (χ0n) is 16.9. The van der Waals surface area contributed by atoms with Gasteiger partial charge in [-0.3, -0.25) is 10.1 Å². The molecule has 0 atom stereocenters. The molecule has 0 aromatic carbocycles. The maximum Gasteiger partial charge on any atom is 0.270 e. The lowest BCUT2D eigenvalue weighted by Gasteiger charge is -2.35. The van der Waals surface area contributed by atoms with Gasteiger partial charge < -0.3 is 5.32 Å². The fraction of sp³-hybridized carbons (Fsp3) is 0.875. The number of aromatic nitrogens is 4. The number of rotatable bonds is 6. The van der Waals surface area contributed by atoms with E-state index in [1.54, 1.807) is 13.8 Å². The van der Waals surface area contributed by atoms with Crippen LogP contribution in [0.25, 0.3) is 0 Å². The third-order valence-electron chi connectivity index (χ3n) is 4.48. The Kier molecular flexibility index (Phi) is 6.27. The summed E-state index contributed by atoms with van der Waals surface area (Å²) < 4.78 is 25.3. The first-order valence-corrected chi connectivity index (χ1v) is 11.0. The SMILES string of the molecule is CC(C)(N[C@H]1CC[C@@H](NS(C)(=O)=O)CC1)C(=O)Nc1nnn(C(C)(C)C)n1. The van der Waals surface area contributed by atoms with Gasteiger partial charge in [-0.05, 0) is 65.5 Å². The molecule has 3 N–H and O–H groups in total. The van der Waals surface area contributed by atoms with E-state index in [1.807, 2.05) is 20.8 Å². The van der Waals surface area contributed by atoms with Crippen LogP contribution in [-0.2, 0) is 20.4 Å². The van der Waals surface area contributed by atoms with E-state index in [4.69, 9.17) is 0 Å². The zero-order chi connectivity index (χ0) is 20.5. The molecule has 1 aromatic rings. The summed E-state index contributed by atoms with van der Waals surface area (Å²) in [5.74, 6) is -0.0711. The normalized spacial score (nSPS) is 21.9. The van der Waals surface area contributed by atoms with Gasteiger partial charge in [0.1, 0.15) is 0 Å². The van der Waals surface area contributed by atoms with Gasteiger partial charge >= 0.3 is 0 Å². The second-order valence-electron chi connectivity index (χ2n) is 8.74. The van der Waals surface area contributed by atoms with E-state index < -0.39 is 15.6 Å². The first kappa shape index (κ1) is 21.7. The van der Waals surface area contributed by atoms with Crippen molar-refractivity contribution in [3.05, 3.63) is 0 Å². The largest absolute Gasteiger partial charge is 0.301 e. The molecular formula is C16H31N7O3S. The van der Waals surface area contributed by atoms with E-state index in [1.165, 1.54) is 11.1 Å². The minimum Gasteiger partial charge on any atom is -0.301 e. The van der Waals surface area contributed by atoms with Gasteiger partial charge in [0.15, 0.2) is 0 Å². The number of carbonyl (C=O) groups is 1. The van der Waals surface area contributed by atoms with Crippen molar-refractivity contribution in [1.29, 1.82) is 0 Å². The smallest absolute Gasteiger partial charge is 0.270 e. The highest BCUT2D eigenvalue weighted by molar-refractivity contribution is 7.88. The summed E-state index contributed by atoms with van der Waals surface area (Å²) in [6.45, 7) is 9.44. The molecule has 0 saturated heterocycles. The van der Waals surface area contributed by atoms with Gasteiger partial charge in [-0.25, -0.2) is 13.1 Å². The van der Waals surface area contributed by atoms with Crippen LogP contribution in [0.2, 0.25) is 0 Å². The molecule has 0 spiro atoms. The number of tetrazole rings is 1. The van der Waals surface area contributed by atoms with Crippen molar-refractivity contribution in [3.8, 4) is 0 Å². The number of hydrogen-bond acceptors (Lipinski definition) is 7. The average Bonchev–Trinajstić information content (AvgIpc) is 2.96. The summed E-state index contributed by atoms with van der Waals surface area (Å²) in [6, 6.07) is 0.105. The third kappa shape index (κ3) is 6.51. The summed E-state index contributed by atoms with van der Waals surface area (Å²) in [7, 11) is -3.19. The van der Waals surface area contributed by atoms with Crippen LogP contribution < -0.4 is 15.4 Å². The topological polar surface area (TPSA) is 131 Å². The van der Waals surface area contributed by atoms with Gasteiger partial charge in [0, 0.05) is 12.1 Å². The minimum atomic E-state index is -3.19. The maximum absolute atomic E-state index is 12.6. The molecule has 1 saturated carbocycles. The highest BCUT2D eigenvalue weighted by atomic mass is 32.2. The predicted molar refractivity (Wildman–Crippen MR) is 103 cm³/mol. The van der Waals surface area contributed by atoms with E-state index >= 15 is 0 Å². The van der Waals surface area contributed by atoms with Gasteiger partial charge in [0.25, 0.3) is 5.95 Å². The summed E-state index contributed by atoms with van der Waals surface area (Å²) in [5, 5.41) is 18.1. The summed E-state index contributed by atoms with van der Waals surface area (Å²) in [4.78, 5) is 14.1. The Labute approximate surface area is 160 Å². The van der Waals surface area contributed by atoms with E-state index in [9.17, 15) is 13.2 Å². The summed E-state index contributed by atoms with van der Waals surface area (Å²) in [6.07, 6.45) is 4.24. The number of anilines is 1. The Morgan fingerprint density at radius 1 is 1.07 bits per heavy atom. The molecule has 1 amide bonds. The number of hydrogen-bond donors (Lipinski definition) is 3. The van der Waals surface area contributed by atoms with Crippen LogP contribution in [0.15, 0.2) is 0 Å². The van der Waals surface area contributed by atoms with Crippen molar-refractivity contribution in [3.63, 3.8) is 0 Å². The van der Waals surface area contributed by atoms with Crippen molar-refractivity contribution in [2.45, 2.75) is 83.5 Å². The molecule has 154 valence electrons. The number of amides is 1. The molecule has 27 heavy (non-hydrogen) atoms. The van der Waals surface area contributed by atoms with Crippen molar-refractivity contribution in [2.75, 3.05) is 11.6 Å². The summed E-state index contributed by atoms with van der Waals surface area (Å²) in [5.41, 5.74) is -1.14. The second kappa shape index (κ2) is 7.80. The number of carbonyl (C=O) groups excluding carboxylic acids is 1. The Hall–Kier alpha value is -1.59. The Bertz CT molecular complexity index is 759. The van der Waals surface area contributed by atoms with Crippen molar-refractivity contribution < 1.29 is 13.2 Å². The molecular weight excluding hydrogens is 370 g/mol. The molecule has 2 rings (SSSR count). The summed E-state index contributed by atoms with van der Waals surface area (Å²) >= 11 is 0. The molecule has 1 aromatic heterocycles. The van der Waals surface area contributed by atoms with Crippen LogP contribution in [0.1, 0.15) is 60.3 Å². The Morgan fingerprint density at radius 3 is 2.11 bits per heavy atom. The van der Waals surface area contributed by atoms with E-state index in [2.05, 4.69) is 30.8 Å². The highest BCUT2D eigenvalue weighted by Crippen LogP contribution is 2.22. The first-order valence-electron chi connectivity index (χ1n) is 9.13. The molecule has 0 radical (unpaired) electrons. The van der Waals surface area contributed by atoms with Crippen molar-refractivity contribution >= 4 is 21.9 Å². The van der Waals surface area contributed by atoms with E-state index in [-0.39, 0.29) is 29.5 Å². The molecule has 0 bridgehead atoms. The molecule has 1 heterocycles. The quantitative estimate of drug-likeness (QED) is 0.636. The average molecular weight is 402 g/mol. The maximum atomic E-state index is 12.6. The van der Waals surface area contributed by atoms with Crippen molar-refractivity contribution in [2.24, 2.45) is 0 Å². The Balaban J connectivity index is 1.89. The lowest BCUT2D eigenvalue weighted by atomic mass is 9.89. The third-order valence-corrected chi connectivity index (χ3v) is 5.24. The predicted octanol–water partition coefficient (Wildman–Crippen LogP) is 0.595. The molecule has 11 heteroatoms. The monoisotopic (exact) mass is 401 g/mol. The van der Waals surface area contributed by atoms with Gasteiger partial charge in [-0.1, -0.05) is 5.10 Å². The van der Waals surface area contributed by atoms with Gasteiger partial charge in [0.2, 0.25) is 15.9 Å². The standard InChI is InChI=1S/C16H31N7O3S/c1-15(2,3)23-20-14(19-22-23)17-13(24)16(4,5)18-11-7-9-12(10-8-11)21-27(6,25)26/h11-12,18,21H,7-10H2,1-6H3,(H,17,20,24)/t11-,12+. The fourth-order valence-corrected chi connectivity index (χ4v) is 3.88. The number of nitrogens with one attached hydrogen (secondary N) is 3. The number of nitrogens with zero attached hydrogens (tertiary/aromatic N) is 4. The molecule has 0 unspecified atom stereocenters. The Morgan fingerprint density at radius 2 is 1.63 bits per heavy atom. The van der Waals surface area contributed by atoms with E-state index in [0.717, 1.165) is 25.7 Å². The highest BCUT2D eigenvalue weighted by Gasteiger charge is 2.33. The first-order chi connectivity index (χ1) is 12.3. The lowest BCUT2D eigenvalue weighted by molar-refractivity contribution is -0.121. The van der Waals surface area contributed by atoms with Crippen molar-refractivity contribution in [1.82, 2.24) is 30.2 Å². The van der Waals surface area contributed by atoms with Crippen LogP contribution in [0.4, 0.5) is 5.95 Å². The van der Waals surface area contributed by atoms with Gasteiger partial charge in [-0.2, -0.15) is 4.80 Å². The van der Waals surface area contributed by atoms with Crippen LogP contribution in [-0.4, -0.2) is 58.4 Å². The van der Waals surface area contributed by atoms with Crippen LogP contribution in [0.5, 0.6) is 0 Å². The van der Waals surface area contributed by atoms with Gasteiger partial charge in [-0.15, -0.1) is 5.10 Å². The molecule has 1 aliphatic rings. The van der Waals surface area contributed by atoms with Crippen LogP contribution in [0, 0.1) is 0 Å². The molecule has 1 aliphatic carbocycles. The van der Waals surface area contributed by atoms with Gasteiger partial charge in [0.05, 0.1) is 17.3 Å². The van der Waals surface area contributed by atoms with E-state index in [0.29, 0.717) is 0 Å². The minimum absolute atomic E-state index is 0.0355. The zero-order valence-corrected chi connectivity index (χ0v) is 17.7. The second-order valence-corrected chi connectivity index (χ2v) is 10.5. The molecule has 0 aliphatic heterocycles. The fourth-order valence-electron chi connectivity index (χ4n) is 3.04.